The fourth-order valence-corrected chi connectivity index (χ4v) is 4.49. The average molecular weight is 432 g/mol. The van der Waals surface area contributed by atoms with Crippen molar-refractivity contribution in [2.75, 3.05) is 37.7 Å². The first kappa shape index (κ1) is 20.7. The maximum Gasteiger partial charge on any atom is 0.254 e. The Balaban J connectivity index is 1.49. The molecule has 5 rings (SSSR count). The number of hydrogen-bond acceptors (Lipinski definition) is 5. The highest BCUT2D eigenvalue weighted by molar-refractivity contribution is 5.95. The lowest BCUT2D eigenvalue weighted by Crippen LogP contribution is -2.40. The number of rotatable bonds is 5. The lowest BCUT2D eigenvalue weighted by atomic mass is 9.98. The zero-order valence-corrected chi connectivity index (χ0v) is 18.6. The molecule has 3 aromatic rings. The Kier molecular flexibility index (Phi) is 5.66. The summed E-state index contributed by atoms with van der Waals surface area (Å²) in [6, 6.07) is 16.8. The molecule has 1 fully saturated rings. The number of fused-ring (bicyclic) bond motifs is 1. The Morgan fingerprint density at radius 1 is 1.12 bits per heavy atom. The average Bonchev–Trinajstić information content (AvgIpc) is 3.45. The lowest BCUT2D eigenvalue weighted by Gasteiger charge is -2.27. The zero-order valence-electron chi connectivity index (χ0n) is 18.6. The van der Waals surface area contributed by atoms with Crippen LogP contribution in [0, 0.1) is 0 Å². The molecular weight excluding hydrogens is 402 g/mol. The van der Waals surface area contributed by atoms with Crippen LogP contribution in [-0.4, -0.2) is 58.4 Å². The van der Waals surface area contributed by atoms with E-state index in [9.17, 15) is 4.79 Å². The molecule has 2 aromatic carbocycles. The van der Waals surface area contributed by atoms with Gasteiger partial charge >= 0.3 is 0 Å². The van der Waals surface area contributed by atoms with E-state index in [1.807, 2.05) is 28.0 Å². The number of carbonyl (C=O) groups excluding carboxylic acids is 1. The second kappa shape index (κ2) is 8.74. The number of carbonyl (C=O) groups is 1. The molecule has 1 aromatic heterocycles. The zero-order chi connectivity index (χ0) is 22.1. The fourth-order valence-electron chi connectivity index (χ4n) is 4.49. The van der Waals surface area contributed by atoms with Crippen molar-refractivity contribution in [3.05, 3.63) is 77.4 Å². The lowest BCUT2D eigenvalue weighted by molar-refractivity contribution is 0.0303. The van der Waals surface area contributed by atoms with E-state index in [0.29, 0.717) is 26.3 Å². The van der Waals surface area contributed by atoms with Crippen LogP contribution in [0.2, 0.25) is 0 Å². The van der Waals surface area contributed by atoms with Gasteiger partial charge in [0.15, 0.2) is 5.82 Å². The molecule has 0 N–H and O–H groups in total. The molecule has 1 amide bonds. The molecular formula is C25H29N5O2. The van der Waals surface area contributed by atoms with Gasteiger partial charge in [-0.2, -0.15) is 5.10 Å². The standard InChI is InChI=1S/C25H29N5O2/c1-18(2)30-17-26-24(27-30)22-16-29(15-19-6-4-3-5-7-19)23-9-8-20(14-21(22)23)25(31)28-10-12-32-13-11-28/h3-9,14,17-18,22H,10-13,15-16H2,1-2H3. The van der Waals surface area contributed by atoms with Crippen molar-refractivity contribution in [3.63, 3.8) is 0 Å². The number of amides is 1. The van der Waals surface area contributed by atoms with E-state index in [2.05, 4.69) is 60.1 Å². The number of anilines is 1. The fraction of sp³-hybridized carbons (Fsp3) is 0.400. The van der Waals surface area contributed by atoms with Crippen molar-refractivity contribution in [2.24, 2.45) is 0 Å². The van der Waals surface area contributed by atoms with Gasteiger partial charge in [-0.3, -0.25) is 9.48 Å². The third-order valence-electron chi connectivity index (χ3n) is 6.28. The molecule has 1 saturated heterocycles. The van der Waals surface area contributed by atoms with Crippen LogP contribution in [0.3, 0.4) is 0 Å². The Labute approximate surface area is 188 Å². The van der Waals surface area contributed by atoms with Crippen molar-refractivity contribution >= 4 is 11.6 Å². The SMILES string of the molecule is CC(C)n1cnc(C2CN(Cc3ccccc3)c3ccc(C(=O)N4CCOCC4)cc32)n1. The molecule has 0 saturated carbocycles. The van der Waals surface area contributed by atoms with Crippen LogP contribution in [-0.2, 0) is 11.3 Å². The predicted octanol–water partition coefficient (Wildman–Crippen LogP) is 3.48. The largest absolute Gasteiger partial charge is 0.378 e. The maximum absolute atomic E-state index is 13.1. The number of aromatic nitrogens is 3. The molecule has 0 spiro atoms. The monoisotopic (exact) mass is 431 g/mol. The third-order valence-corrected chi connectivity index (χ3v) is 6.28. The molecule has 2 aliphatic rings. The third kappa shape index (κ3) is 4.00. The second-order valence-electron chi connectivity index (χ2n) is 8.77. The van der Waals surface area contributed by atoms with Crippen molar-refractivity contribution in [2.45, 2.75) is 32.4 Å². The minimum atomic E-state index is 0.0335. The van der Waals surface area contributed by atoms with E-state index in [0.717, 1.165) is 35.7 Å². The summed E-state index contributed by atoms with van der Waals surface area (Å²) >= 11 is 0. The summed E-state index contributed by atoms with van der Waals surface area (Å²) in [5.74, 6) is 0.912. The minimum Gasteiger partial charge on any atom is -0.378 e. The van der Waals surface area contributed by atoms with Crippen molar-refractivity contribution in [3.8, 4) is 0 Å². The molecule has 0 aliphatic carbocycles. The van der Waals surface area contributed by atoms with Crippen molar-refractivity contribution in [1.82, 2.24) is 19.7 Å². The number of ether oxygens (including phenoxy) is 1. The molecule has 2 aliphatic heterocycles. The molecule has 32 heavy (non-hydrogen) atoms. The van der Waals surface area contributed by atoms with Gasteiger partial charge in [0, 0.05) is 43.5 Å². The summed E-state index contributed by atoms with van der Waals surface area (Å²) in [6.07, 6.45) is 1.81. The van der Waals surface area contributed by atoms with Crippen LogP contribution in [0.25, 0.3) is 0 Å². The number of benzene rings is 2. The van der Waals surface area contributed by atoms with Crippen LogP contribution in [0.1, 0.15) is 53.1 Å². The predicted molar refractivity (Wildman–Crippen MR) is 123 cm³/mol. The van der Waals surface area contributed by atoms with Gasteiger partial charge in [-0.15, -0.1) is 0 Å². The van der Waals surface area contributed by atoms with Crippen LogP contribution < -0.4 is 4.90 Å². The first-order valence-electron chi connectivity index (χ1n) is 11.3. The van der Waals surface area contributed by atoms with Gasteiger partial charge in [0.1, 0.15) is 6.33 Å². The highest BCUT2D eigenvalue weighted by atomic mass is 16.5. The highest BCUT2D eigenvalue weighted by Crippen LogP contribution is 2.40. The van der Waals surface area contributed by atoms with Gasteiger partial charge in [0.05, 0.1) is 19.1 Å². The van der Waals surface area contributed by atoms with E-state index < -0.39 is 0 Å². The second-order valence-corrected chi connectivity index (χ2v) is 8.77. The maximum atomic E-state index is 13.1. The summed E-state index contributed by atoms with van der Waals surface area (Å²) in [7, 11) is 0. The number of hydrogen-bond donors (Lipinski definition) is 0. The van der Waals surface area contributed by atoms with E-state index in [1.54, 1.807) is 0 Å². The van der Waals surface area contributed by atoms with Crippen LogP contribution >= 0.6 is 0 Å². The summed E-state index contributed by atoms with van der Waals surface area (Å²) in [4.78, 5) is 22.0. The van der Waals surface area contributed by atoms with E-state index in [4.69, 9.17) is 9.84 Å². The Morgan fingerprint density at radius 3 is 2.62 bits per heavy atom. The Morgan fingerprint density at radius 2 is 1.91 bits per heavy atom. The van der Waals surface area contributed by atoms with Crippen LogP contribution in [0.5, 0.6) is 0 Å². The topological polar surface area (TPSA) is 63.5 Å². The van der Waals surface area contributed by atoms with Gasteiger partial charge < -0.3 is 14.5 Å². The van der Waals surface area contributed by atoms with Gasteiger partial charge in [0.2, 0.25) is 0 Å². The van der Waals surface area contributed by atoms with Crippen molar-refractivity contribution in [1.29, 1.82) is 0 Å². The minimum absolute atomic E-state index is 0.0335. The Bertz CT molecular complexity index is 1090. The summed E-state index contributed by atoms with van der Waals surface area (Å²) < 4.78 is 7.31. The van der Waals surface area contributed by atoms with Gasteiger partial charge in [-0.25, -0.2) is 4.98 Å². The van der Waals surface area contributed by atoms with Crippen molar-refractivity contribution < 1.29 is 9.53 Å². The first-order chi connectivity index (χ1) is 15.6. The molecule has 7 nitrogen and oxygen atoms in total. The van der Waals surface area contributed by atoms with E-state index >= 15 is 0 Å². The quantitative estimate of drug-likeness (QED) is 0.619. The molecule has 7 heteroatoms. The summed E-state index contributed by atoms with van der Waals surface area (Å²) in [5.41, 5.74) is 4.26. The number of nitrogens with zero attached hydrogens (tertiary/aromatic N) is 5. The number of morpholine rings is 1. The smallest absolute Gasteiger partial charge is 0.254 e. The molecule has 0 radical (unpaired) electrons. The van der Waals surface area contributed by atoms with Gasteiger partial charge in [-0.1, -0.05) is 30.3 Å². The van der Waals surface area contributed by atoms with Gasteiger partial charge in [0.25, 0.3) is 5.91 Å². The van der Waals surface area contributed by atoms with E-state index in [-0.39, 0.29) is 17.9 Å². The Hall–Kier alpha value is -3.19. The molecule has 3 heterocycles. The van der Waals surface area contributed by atoms with E-state index in [1.165, 1.54) is 5.56 Å². The summed E-state index contributed by atoms with van der Waals surface area (Å²) in [6.45, 7) is 8.28. The van der Waals surface area contributed by atoms with Crippen LogP contribution in [0.15, 0.2) is 54.9 Å². The molecule has 0 bridgehead atoms. The molecule has 1 unspecified atom stereocenters. The first-order valence-corrected chi connectivity index (χ1v) is 11.3. The van der Waals surface area contributed by atoms with Gasteiger partial charge in [-0.05, 0) is 43.2 Å². The molecule has 166 valence electrons. The molecule has 1 atom stereocenters. The normalized spacial score (nSPS) is 18.3. The van der Waals surface area contributed by atoms with Crippen LogP contribution in [0.4, 0.5) is 5.69 Å². The highest BCUT2D eigenvalue weighted by Gasteiger charge is 2.33. The summed E-state index contributed by atoms with van der Waals surface area (Å²) in [5, 5.41) is 4.76.